The number of aryl methyl sites for hydroxylation is 2. The molecule has 5 heteroatoms. The molecule has 0 spiro atoms. The van der Waals surface area contributed by atoms with Crippen molar-refractivity contribution in [2.45, 2.75) is 33.7 Å². The average molecular weight is 293 g/mol. The Morgan fingerprint density at radius 1 is 1.40 bits per heavy atom. The van der Waals surface area contributed by atoms with E-state index in [9.17, 15) is 9.90 Å². The SMILES string of the molecule is CCCn1nc(C)c(-c2cc(Cl)ccc2C(=O)O)c1C. The van der Waals surface area contributed by atoms with E-state index in [1.54, 1.807) is 12.1 Å². The van der Waals surface area contributed by atoms with E-state index in [1.165, 1.54) is 6.07 Å². The highest BCUT2D eigenvalue weighted by atomic mass is 35.5. The standard InChI is InChI=1S/C15H17ClN2O2/c1-4-7-18-10(3)14(9(2)17-18)13-8-11(16)5-6-12(13)15(19)20/h5-6,8H,4,7H2,1-3H3,(H,19,20). The number of benzene rings is 1. The van der Waals surface area contributed by atoms with E-state index in [2.05, 4.69) is 12.0 Å². The predicted molar refractivity (Wildman–Crippen MR) is 79.4 cm³/mol. The van der Waals surface area contributed by atoms with Crippen LogP contribution in [0.15, 0.2) is 18.2 Å². The molecular formula is C15H17ClN2O2. The molecule has 0 aliphatic rings. The lowest BCUT2D eigenvalue weighted by atomic mass is 9.98. The summed E-state index contributed by atoms with van der Waals surface area (Å²) in [6.07, 6.45) is 0.975. The molecule has 1 heterocycles. The second kappa shape index (κ2) is 5.67. The van der Waals surface area contributed by atoms with Crippen LogP contribution in [0.4, 0.5) is 0 Å². The summed E-state index contributed by atoms with van der Waals surface area (Å²) in [7, 11) is 0. The van der Waals surface area contributed by atoms with Crippen LogP contribution in [0, 0.1) is 13.8 Å². The van der Waals surface area contributed by atoms with Crippen molar-refractivity contribution < 1.29 is 9.90 Å². The van der Waals surface area contributed by atoms with Crippen molar-refractivity contribution in [1.82, 2.24) is 9.78 Å². The van der Waals surface area contributed by atoms with Crippen molar-refractivity contribution in [2.75, 3.05) is 0 Å². The second-order valence-electron chi connectivity index (χ2n) is 4.76. The lowest BCUT2D eigenvalue weighted by Crippen LogP contribution is -2.02. The monoisotopic (exact) mass is 292 g/mol. The van der Waals surface area contributed by atoms with Gasteiger partial charge in [-0.25, -0.2) is 4.79 Å². The van der Waals surface area contributed by atoms with Crippen LogP contribution in [0.1, 0.15) is 35.1 Å². The third-order valence-corrected chi connectivity index (χ3v) is 3.53. The second-order valence-corrected chi connectivity index (χ2v) is 5.20. The summed E-state index contributed by atoms with van der Waals surface area (Å²) in [5.74, 6) is -0.960. The number of carbonyl (C=O) groups is 1. The molecule has 4 nitrogen and oxygen atoms in total. The molecule has 0 bridgehead atoms. The summed E-state index contributed by atoms with van der Waals surface area (Å²) in [5, 5.41) is 14.3. The Balaban J connectivity index is 2.68. The molecule has 0 saturated heterocycles. The third-order valence-electron chi connectivity index (χ3n) is 3.30. The van der Waals surface area contributed by atoms with Gasteiger partial charge in [-0.05, 0) is 38.5 Å². The number of hydrogen-bond acceptors (Lipinski definition) is 2. The Labute approximate surface area is 123 Å². The maximum Gasteiger partial charge on any atom is 0.336 e. The number of carboxylic acid groups (broad SMARTS) is 1. The van der Waals surface area contributed by atoms with Gasteiger partial charge in [-0.2, -0.15) is 5.10 Å². The fourth-order valence-corrected chi connectivity index (χ4v) is 2.60. The van der Waals surface area contributed by atoms with Crippen LogP contribution >= 0.6 is 11.6 Å². The van der Waals surface area contributed by atoms with Crippen molar-refractivity contribution in [3.05, 3.63) is 40.2 Å². The number of nitrogens with zero attached hydrogens (tertiary/aromatic N) is 2. The quantitative estimate of drug-likeness (QED) is 0.929. The van der Waals surface area contributed by atoms with Crippen molar-refractivity contribution in [3.8, 4) is 11.1 Å². The molecule has 0 amide bonds. The summed E-state index contributed by atoms with van der Waals surface area (Å²) in [6.45, 7) is 6.74. The Morgan fingerprint density at radius 2 is 2.10 bits per heavy atom. The van der Waals surface area contributed by atoms with E-state index < -0.39 is 5.97 Å². The Hall–Kier alpha value is -1.81. The molecule has 1 aromatic heterocycles. The van der Waals surface area contributed by atoms with E-state index in [0.29, 0.717) is 10.6 Å². The van der Waals surface area contributed by atoms with Crippen LogP contribution in [0.2, 0.25) is 5.02 Å². The van der Waals surface area contributed by atoms with Gasteiger partial charge in [0.15, 0.2) is 0 Å². The molecule has 0 radical (unpaired) electrons. The zero-order valence-corrected chi connectivity index (χ0v) is 12.5. The van der Waals surface area contributed by atoms with Gasteiger partial charge in [-0.1, -0.05) is 18.5 Å². The largest absolute Gasteiger partial charge is 0.478 e. The molecular weight excluding hydrogens is 276 g/mol. The topological polar surface area (TPSA) is 55.1 Å². The summed E-state index contributed by atoms with van der Waals surface area (Å²) in [4.78, 5) is 11.4. The molecule has 2 aromatic rings. The van der Waals surface area contributed by atoms with Gasteiger partial charge in [0.1, 0.15) is 0 Å². The Bertz CT molecular complexity index is 662. The smallest absolute Gasteiger partial charge is 0.336 e. The zero-order chi connectivity index (χ0) is 14.9. The summed E-state index contributed by atoms with van der Waals surface area (Å²) >= 11 is 6.02. The van der Waals surface area contributed by atoms with Crippen molar-refractivity contribution in [3.63, 3.8) is 0 Å². The van der Waals surface area contributed by atoms with Gasteiger partial charge in [-0.15, -0.1) is 0 Å². The molecule has 2 rings (SSSR count). The third kappa shape index (κ3) is 2.56. The first kappa shape index (κ1) is 14.6. The highest BCUT2D eigenvalue weighted by molar-refractivity contribution is 6.31. The molecule has 0 aliphatic heterocycles. The summed E-state index contributed by atoms with van der Waals surface area (Å²) in [6, 6.07) is 4.82. The zero-order valence-electron chi connectivity index (χ0n) is 11.8. The fraction of sp³-hybridized carbons (Fsp3) is 0.333. The van der Waals surface area contributed by atoms with Crippen LogP contribution in [-0.4, -0.2) is 20.9 Å². The van der Waals surface area contributed by atoms with E-state index in [0.717, 1.165) is 29.9 Å². The normalized spacial score (nSPS) is 10.8. The molecule has 0 aliphatic carbocycles. The van der Waals surface area contributed by atoms with Gasteiger partial charge in [-0.3, -0.25) is 4.68 Å². The van der Waals surface area contributed by atoms with E-state index in [1.807, 2.05) is 18.5 Å². The minimum Gasteiger partial charge on any atom is -0.478 e. The molecule has 0 saturated carbocycles. The van der Waals surface area contributed by atoms with Gasteiger partial charge in [0.25, 0.3) is 0 Å². The molecule has 0 fully saturated rings. The van der Waals surface area contributed by atoms with Gasteiger partial charge >= 0.3 is 5.97 Å². The number of aromatic nitrogens is 2. The van der Waals surface area contributed by atoms with Crippen molar-refractivity contribution in [2.24, 2.45) is 0 Å². The maximum absolute atomic E-state index is 11.4. The Kier molecular flexibility index (Phi) is 4.14. The van der Waals surface area contributed by atoms with Gasteiger partial charge in [0.2, 0.25) is 0 Å². The Morgan fingerprint density at radius 3 is 2.70 bits per heavy atom. The molecule has 1 aromatic carbocycles. The first-order chi connectivity index (χ1) is 9.45. The summed E-state index contributed by atoms with van der Waals surface area (Å²) in [5.41, 5.74) is 3.52. The first-order valence-corrected chi connectivity index (χ1v) is 6.90. The van der Waals surface area contributed by atoms with E-state index >= 15 is 0 Å². The van der Waals surface area contributed by atoms with Crippen molar-refractivity contribution >= 4 is 17.6 Å². The lowest BCUT2D eigenvalue weighted by Gasteiger charge is -2.08. The lowest BCUT2D eigenvalue weighted by molar-refractivity contribution is 0.0698. The predicted octanol–water partition coefficient (Wildman–Crippen LogP) is 3.93. The average Bonchev–Trinajstić information content (AvgIpc) is 2.64. The van der Waals surface area contributed by atoms with Gasteiger partial charge in [0.05, 0.1) is 11.3 Å². The van der Waals surface area contributed by atoms with Crippen molar-refractivity contribution in [1.29, 1.82) is 0 Å². The first-order valence-electron chi connectivity index (χ1n) is 6.53. The maximum atomic E-state index is 11.4. The highest BCUT2D eigenvalue weighted by Gasteiger charge is 2.19. The van der Waals surface area contributed by atoms with E-state index in [-0.39, 0.29) is 5.56 Å². The van der Waals surface area contributed by atoms with Crippen LogP contribution in [-0.2, 0) is 6.54 Å². The molecule has 0 atom stereocenters. The highest BCUT2D eigenvalue weighted by Crippen LogP contribution is 2.32. The number of halogens is 1. The molecule has 106 valence electrons. The molecule has 1 N–H and O–H groups in total. The van der Waals surface area contributed by atoms with Gasteiger partial charge < -0.3 is 5.11 Å². The number of rotatable bonds is 4. The van der Waals surface area contributed by atoms with Crippen LogP contribution in [0.25, 0.3) is 11.1 Å². The number of aromatic carboxylic acids is 1. The van der Waals surface area contributed by atoms with E-state index in [4.69, 9.17) is 11.6 Å². The molecule has 20 heavy (non-hydrogen) atoms. The van der Waals surface area contributed by atoms with Gasteiger partial charge in [0, 0.05) is 28.4 Å². The van der Waals surface area contributed by atoms with Crippen LogP contribution in [0.3, 0.4) is 0 Å². The van der Waals surface area contributed by atoms with Crippen LogP contribution in [0.5, 0.6) is 0 Å². The minimum absolute atomic E-state index is 0.247. The minimum atomic E-state index is -0.960. The summed E-state index contributed by atoms with van der Waals surface area (Å²) < 4.78 is 1.91. The number of carboxylic acids is 1. The van der Waals surface area contributed by atoms with Crippen LogP contribution < -0.4 is 0 Å². The number of hydrogen-bond donors (Lipinski definition) is 1. The fourth-order valence-electron chi connectivity index (χ4n) is 2.43. The molecule has 0 unspecified atom stereocenters.